The first-order valence-electron chi connectivity index (χ1n) is 26.7. The Morgan fingerprint density at radius 1 is 0.787 bits per heavy atom. The fourth-order valence-corrected chi connectivity index (χ4v) is 18.5. The van der Waals surface area contributed by atoms with Crippen LogP contribution in [-0.2, 0) is 51.7 Å². The zero-order valence-corrected chi connectivity index (χ0v) is 47.7. The molecule has 2 saturated carbocycles. The number of nitrogens with one attached hydrogen (secondary N) is 1. The van der Waals surface area contributed by atoms with Crippen LogP contribution >= 0.6 is 0 Å². The van der Waals surface area contributed by atoms with Crippen molar-refractivity contribution in [1.82, 2.24) is 5.32 Å². The van der Waals surface area contributed by atoms with Crippen LogP contribution in [0, 0.1) is 16.7 Å². The quantitative estimate of drug-likeness (QED) is 0.0467. The van der Waals surface area contributed by atoms with Gasteiger partial charge in [0, 0.05) is 37.7 Å². The molecule has 0 radical (unpaired) electrons. The number of benzene rings is 2. The maximum Gasteiger partial charge on any atom is 0.341 e. The van der Waals surface area contributed by atoms with Crippen molar-refractivity contribution in [3.05, 3.63) is 107 Å². The van der Waals surface area contributed by atoms with Crippen molar-refractivity contribution in [2.45, 2.75) is 186 Å². The van der Waals surface area contributed by atoms with Gasteiger partial charge in [-0.1, -0.05) is 104 Å². The number of amides is 1. The van der Waals surface area contributed by atoms with Crippen LogP contribution in [0.15, 0.2) is 94.8 Å². The van der Waals surface area contributed by atoms with Crippen molar-refractivity contribution >= 4 is 52.2 Å². The van der Waals surface area contributed by atoms with Crippen LogP contribution in [0.3, 0.4) is 0 Å². The molecular weight excluding hydrogens is 995 g/mol. The minimum absolute atomic E-state index is 0.00383. The summed E-state index contributed by atoms with van der Waals surface area (Å²) < 4.78 is 52.2. The first-order chi connectivity index (χ1) is 35.5. The predicted molar refractivity (Wildman–Crippen MR) is 282 cm³/mol. The number of esters is 4. The van der Waals surface area contributed by atoms with Crippen molar-refractivity contribution in [1.29, 1.82) is 0 Å². The number of carbonyl (C=O) groups is 6. The molecule has 0 spiro atoms. The number of aliphatic hydroxyl groups is 1. The van der Waals surface area contributed by atoms with Crippen molar-refractivity contribution < 1.29 is 70.8 Å². The van der Waals surface area contributed by atoms with E-state index < -0.39 is 129 Å². The largest absolute Gasteiger partial charge is 0.472 e. The van der Waals surface area contributed by atoms with E-state index in [9.17, 15) is 24.3 Å². The molecule has 0 unspecified atom stereocenters. The minimum Gasteiger partial charge on any atom is -0.472 e. The predicted octanol–water partition coefficient (Wildman–Crippen LogP) is 9.39. The lowest BCUT2D eigenvalue weighted by atomic mass is 9.44. The molecule has 2 aromatic carbocycles. The highest BCUT2D eigenvalue weighted by Crippen LogP contribution is 2.65. The average Bonchev–Trinajstić information content (AvgIpc) is 3.94. The average molecular weight is 1070 g/mol. The molecule has 2 N–H and O–H groups in total. The molecule has 1 aliphatic heterocycles. The van der Waals surface area contributed by atoms with Crippen LogP contribution < -0.4 is 5.32 Å². The van der Waals surface area contributed by atoms with E-state index in [1.165, 1.54) is 32.4 Å². The number of hydrogen-bond acceptors (Lipinski definition) is 15. The smallest absolute Gasteiger partial charge is 0.341 e. The van der Waals surface area contributed by atoms with Crippen LogP contribution in [0.5, 0.6) is 0 Å². The van der Waals surface area contributed by atoms with Gasteiger partial charge in [-0.25, -0.2) is 9.59 Å². The van der Waals surface area contributed by atoms with Crippen LogP contribution in [0.1, 0.15) is 128 Å². The Kier molecular flexibility index (Phi) is 17.1. The highest BCUT2D eigenvalue weighted by molar-refractivity contribution is 6.74. The van der Waals surface area contributed by atoms with Gasteiger partial charge in [-0.05, 0) is 85.0 Å². The molecule has 3 aromatic rings. The van der Waals surface area contributed by atoms with Crippen LogP contribution in [-0.4, -0.2) is 112 Å². The number of furan rings is 1. The standard InChI is InChI=1S/C57H77NO15Si2/c1-13-74(14-2,15-3)72-42-31-43-56(34-67-43,71-37(9)60)48-50(70-52(63)40-29-30-66-33-40)57(65)32-41(35(7)44(54(57,10)11)46(68-36(8)59)49(61)55(42,48)12)69-53(64)47(73-75(16-4,17-5)18-6)45(38-25-21-19-22-26-38)58-51(62)39-27-23-20-24-28-39/h19-30,33,41-43,45-48,50,65H,13-18,31-32,34H2,1-12H3,(H,58,62)/t41-,42-,43+,45-,46+,47+,48-,50-,55+,56-,57+/m0/s1. The second-order valence-corrected chi connectivity index (χ2v) is 31.1. The first kappa shape index (κ1) is 57.5. The monoisotopic (exact) mass is 1070 g/mol. The molecule has 1 saturated heterocycles. The Labute approximate surface area is 443 Å². The second kappa shape index (κ2) is 22.4. The fraction of sp³-hybridized carbons (Fsp3) is 0.579. The number of rotatable bonds is 20. The lowest BCUT2D eigenvalue weighted by Crippen LogP contribution is -2.82. The molecule has 11 atom stereocenters. The van der Waals surface area contributed by atoms with Crippen LogP contribution in [0.2, 0.25) is 36.3 Å². The van der Waals surface area contributed by atoms with E-state index in [2.05, 4.69) is 26.1 Å². The number of carbonyl (C=O) groups excluding carboxylic acids is 6. The van der Waals surface area contributed by atoms with Crippen LogP contribution in [0.4, 0.5) is 0 Å². The zero-order chi connectivity index (χ0) is 54.9. The SMILES string of the molecule is CC[Si](CC)(CC)O[C@H]1C[C@H]2OC[C@@]2(OC(C)=O)[C@H]2[C@H](OC(=O)c3ccoc3)[C@]3(O)C[C@H](OC(=O)[C@H](O[Si](CC)(CC)CC)[C@@H](NC(=O)c4ccccc4)c4ccccc4)C(C)=C([C@@H](OC(C)=O)C(=O)[C@]12C)C3(C)C. The van der Waals surface area contributed by atoms with E-state index in [1.54, 1.807) is 82.3 Å². The Bertz CT molecular complexity index is 2580. The summed E-state index contributed by atoms with van der Waals surface area (Å²) in [5.74, 6) is -5.85. The number of ether oxygens (including phenoxy) is 5. The molecule has 7 rings (SSSR count). The van der Waals surface area contributed by atoms with Crippen LogP contribution in [0.25, 0.3) is 0 Å². The molecule has 4 aliphatic rings. The summed E-state index contributed by atoms with van der Waals surface area (Å²) in [5.41, 5.74) is -6.17. The van der Waals surface area contributed by atoms with Gasteiger partial charge >= 0.3 is 23.9 Å². The first-order valence-corrected chi connectivity index (χ1v) is 31.7. The van der Waals surface area contributed by atoms with Crippen molar-refractivity contribution in [3.63, 3.8) is 0 Å². The van der Waals surface area contributed by atoms with Gasteiger partial charge in [-0.15, -0.1) is 0 Å². The normalized spacial score (nSPS) is 28.9. The van der Waals surface area contributed by atoms with E-state index in [-0.39, 0.29) is 24.2 Å². The van der Waals surface area contributed by atoms with Crippen molar-refractivity contribution in [3.8, 4) is 0 Å². The van der Waals surface area contributed by atoms with Gasteiger partial charge in [0.05, 0.1) is 41.9 Å². The zero-order valence-electron chi connectivity index (χ0n) is 45.7. The van der Waals surface area contributed by atoms with Gasteiger partial charge < -0.3 is 47.4 Å². The Morgan fingerprint density at radius 2 is 1.39 bits per heavy atom. The third kappa shape index (κ3) is 10.3. The fourth-order valence-electron chi connectivity index (χ4n) is 12.8. The summed E-state index contributed by atoms with van der Waals surface area (Å²) in [6, 6.07) is 21.9. The molecule has 3 fully saturated rings. The van der Waals surface area contributed by atoms with Gasteiger partial charge in [-0.3, -0.25) is 19.2 Å². The molecule has 3 aliphatic carbocycles. The molecule has 18 heteroatoms. The Balaban J connectivity index is 1.48. The van der Waals surface area contributed by atoms with Crippen molar-refractivity contribution in [2.75, 3.05) is 6.61 Å². The highest BCUT2D eigenvalue weighted by Gasteiger charge is 2.79. The molecular formula is C57H77NO15Si2. The Hall–Kier alpha value is -5.25. The van der Waals surface area contributed by atoms with Gasteiger partial charge in [0.2, 0.25) is 0 Å². The lowest BCUT2D eigenvalue weighted by molar-refractivity contribution is -0.344. The lowest BCUT2D eigenvalue weighted by Gasteiger charge is -2.68. The molecule has 2 bridgehead atoms. The molecule has 1 aromatic heterocycles. The number of Topliss-reactive ketones (excluding diaryl/α,β-unsaturated/α-hetero) is 1. The minimum atomic E-state index is -2.75. The number of hydrogen-bond donors (Lipinski definition) is 2. The van der Waals surface area contributed by atoms with E-state index in [1.807, 2.05) is 26.8 Å². The summed E-state index contributed by atoms with van der Waals surface area (Å²) in [5, 5.41) is 17.5. The topological polar surface area (TPSA) is 212 Å². The van der Waals surface area contributed by atoms with Gasteiger partial charge in [0.1, 0.15) is 30.2 Å². The third-order valence-corrected chi connectivity index (χ3v) is 27.1. The number of ketones is 1. The maximum absolute atomic E-state index is 16.6. The second-order valence-electron chi connectivity index (χ2n) is 21.7. The maximum atomic E-state index is 16.6. The summed E-state index contributed by atoms with van der Waals surface area (Å²) in [7, 11) is -5.41. The summed E-state index contributed by atoms with van der Waals surface area (Å²) in [4.78, 5) is 88.2. The number of fused-ring (bicyclic) bond motifs is 5. The molecule has 1 amide bonds. The Morgan fingerprint density at radius 3 is 1.91 bits per heavy atom. The van der Waals surface area contributed by atoms with Gasteiger partial charge in [0.25, 0.3) is 5.91 Å². The molecule has 408 valence electrons. The summed E-state index contributed by atoms with van der Waals surface area (Å²) in [6.07, 6.45) is -6.07. The summed E-state index contributed by atoms with van der Waals surface area (Å²) >= 11 is 0. The summed E-state index contributed by atoms with van der Waals surface area (Å²) in [6.45, 7) is 21.1. The van der Waals surface area contributed by atoms with E-state index >= 15 is 9.59 Å². The third-order valence-electron chi connectivity index (χ3n) is 17.8. The van der Waals surface area contributed by atoms with E-state index in [4.69, 9.17) is 37.0 Å². The van der Waals surface area contributed by atoms with E-state index in [0.717, 1.165) is 0 Å². The van der Waals surface area contributed by atoms with Gasteiger partial charge in [0.15, 0.2) is 40.2 Å². The molecule has 16 nitrogen and oxygen atoms in total. The molecule has 75 heavy (non-hydrogen) atoms. The van der Waals surface area contributed by atoms with E-state index in [0.29, 0.717) is 53.0 Å². The van der Waals surface area contributed by atoms with Crippen molar-refractivity contribution in [2.24, 2.45) is 16.7 Å². The molecule has 2 heterocycles. The van der Waals surface area contributed by atoms with Gasteiger partial charge in [-0.2, -0.15) is 0 Å². The highest BCUT2D eigenvalue weighted by atomic mass is 28.4.